The van der Waals surface area contributed by atoms with Gasteiger partial charge in [-0.2, -0.15) is 13.2 Å². The van der Waals surface area contributed by atoms with Gasteiger partial charge in [-0.05, 0) is 80.5 Å². The first-order valence-electron chi connectivity index (χ1n) is 19.7. The smallest absolute Gasteiger partial charge is 0.416 e. The molecule has 0 amide bonds. The molecule has 0 saturated carbocycles. The molecule has 5 N–H and O–H groups in total. The lowest BCUT2D eigenvalue weighted by Crippen LogP contribution is -2.32. The second-order valence-electron chi connectivity index (χ2n) is 15.2. The van der Waals surface area contributed by atoms with Crippen LogP contribution < -0.4 is 10.2 Å². The van der Waals surface area contributed by atoms with Gasteiger partial charge in [0.1, 0.15) is 39.7 Å². The summed E-state index contributed by atoms with van der Waals surface area (Å²) in [5.74, 6) is -4.89. The number of phenols is 2. The van der Waals surface area contributed by atoms with Crippen LogP contribution in [0.4, 0.5) is 27.6 Å². The average molecular weight is 960 g/mol. The number of rotatable bonds is 10. The van der Waals surface area contributed by atoms with Crippen LogP contribution in [0.5, 0.6) is 11.5 Å². The highest BCUT2D eigenvalue weighted by molar-refractivity contribution is 7.92. The van der Waals surface area contributed by atoms with Crippen LogP contribution in [0.25, 0.3) is 44.5 Å². The number of halogens is 7. The number of anilines is 1. The molecule has 4 heterocycles. The minimum atomic E-state index is -4.59. The zero-order chi connectivity index (χ0) is 47.1. The minimum absolute atomic E-state index is 0.000297. The Balaban J connectivity index is 0.000000194. The lowest BCUT2D eigenvalue weighted by atomic mass is 9.89. The number of likely N-dealkylation sites (N-methyl/N-ethyl adjacent to an activating group) is 1. The highest BCUT2D eigenvalue weighted by atomic mass is 35.5. The Morgan fingerprint density at radius 3 is 2.38 bits per heavy atom. The average Bonchev–Trinajstić information content (AvgIpc) is 3.84. The quantitative estimate of drug-likeness (QED) is 0.0653. The number of H-pyrrole nitrogens is 1. The number of likely N-dealkylation sites (tertiary alicyclic amines) is 1. The normalized spacial score (nSPS) is 15.6. The summed E-state index contributed by atoms with van der Waals surface area (Å²) in [6, 6.07) is 14.8. The number of benzene rings is 4. The SMILES string of the molecule is CCCS(=O)(=O)Nc1ccc(F)c(C(=O)c2c[nH]c3ncc(-c4ccc(Cl)cc4)cc23)c1F.CN1CC[C@@H](c2c(O)cc(O)c3c(=O)cc(-c4ccc(C(F)(F)F)cc4Cl)oc23)[C@@H]1CO. The second kappa shape index (κ2) is 18.4. The molecule has 7 aromatic rings. The number of carbonyl (C=O) groups is 1. The number of alkyl halides is 3. The van der Waals surface area contributed by atoms with Crippen molar-refractivity contribution in [2.75, 3.05) is 30.7 Å². The van der Waals surface area contributed by atoms with Crippen molar-refractivity contribution in [2.45, 2.75) is 37.9 Å². The van der Waals surface area contributed by atoms with Crippen LogP contribution in [0, 0.1) is 11.6 Å². The van der Waals surface area contributed by atoms with Crippen molar-refractivity contribution >= 4 is 66.7 Å². The lowest BCUT2D eigenvalue weighted by molar-refractivity contribution is -0.137. The molecule has 2 atom stereocenters. The number of aliphatic hydroxyl groups is 1. The van der Waals surface area contributed by atoms with Gasteiger partial charge in [-0.15, -0.1) is 0 Å². The number of aromatic hydroxyl groups is 2. The van der Waals surface area contributed by atoms with Gasteiger partial charge in [-0.1, -0.05) is 42.3 Å². The predicted octanol–water partition coefficient (Wildman–Crippen LogP) is 9.87. The molecule has 0 spiro atoms. The summed E-state index contributed by atoms with van der Waals surface area (Å²) in [6.45, 7) is 2.06. The maximum absolute atomic E-state index is 15.1. The molecule has 1 aliphatic rings. The molecule has 8 rings (SSSR count). The van der Waals surface area contributed by atoms with E-state index in [1.807, 2.05) is 11.9 Å². The molecule has 0 aliphatic carbocycles. The zero-order valence-corrected chi connectivity index (χ0v) is 36.4. The molecule has 1 saturated heterocycles. The van der Waals surface area contributed by atoms with Gasteiger partial charge < -0.3 is 29.6 Å². The van der Waals surface area contributed by atoms with E-state index in [4.69, 9.17) is 27.6 Å². The molecule has 65 heavy (non-hydrogen) atoms. The lowest BCUT2D eigenvalue weighted by Gasteiger charge is -2.24. The van der Waals surface area contributed by atoms with E-state index in [1.54, 1.807) is 43.5 Å². The zero-order valence-electron chi connectivity index (χ0n) is 34.1. The molecule has 0 radical (unpaired) electrons. The molecule has 340 valence electrons. The standard InChI is InChI=1S/C23H18ClF2N3O3S.C22H19ClF3NO5/c1-2-9-33(31,32)29-19-8-7-18(25)20(21(19)26)22(30)17-12-28-23-16(17)10-14(11-27-23)13-3-5-15(24)6-4-13;1-27-5-4-12(14(27)9-28)19-15(29)7-16(30)20-17(31)8-18(32-21(19)20)11-3-2-10(6-13(11)23)22(24,25)26/h3-8,10-12,29H,2,9H2,1H3,(H,27,28);2-3,6-8,12,14,28-30H,4-5,9H2,1H3/t;12-,14+/m.1/s1. The van der Waals surface area contributed by atoms with Crippen molar-refractivity contribution in [3.63, 3.8) is 0 Å². The molecule has 3 aromatic heterocycles. The molecule has 1 fully saturated rings. The van der Waals surface area contributed by atoms with E-state index in [0.717, 1.165) is 48.0 Å². The van der Waals surface area contributed by atoms with E-state index in [1.165, 1.54) is 6.20 Å². The van der Waals surface area contributed by atoms with Crippen LogP contribution in [-0.4, -0.2) is 76.4 Å². The van der Waals surface area contributed by atoms with Crippen molar-refractivity contribution in [2.24, 2.45) is 0 Å². The van der Waals surface area contributed by atoms with Gasteiger partial charge in [0.2, 0.25) is 15.8 Å². The first-order chi connectivity index (χ1) is 30.7. The van der Waals surface area contributed by atoms with Gasteiger partial charge in [-0.3, -0.25) is 14.3 Å². The van der Waals surface area contributed by atoms with Crippen molar-refractivity contribution in [1.82, 2.24) is 14.9 Å². The summed E-state index contributed by atoms with van der Waals surface area (Å²) < 4.78 is 101. The minimum Gasteiger partial charge on any atom is -0.507 e. The van der Waals surface area contributed by atoms with E-state index < -0.39 is 67.5 Å². The highest BCUT2D eigenvalue weighted by Crippen LogP contribution is 2.45. The number of aliphatic hydroxyl groups excluding tert-OH is 1. The third-order valence-corrected chi connectivity index (χ3v) is 13.0. The number of sulfonamides is 1. The summed E-state index contributed by atoms with van der Waals surface area (Å²) in [5.41, 5.74) is -0.938. The van der Waals surface area contributed by atoms with Crippen LogP contribution in [0.15, 0.2) is 94.4 Å². The number of hydrogen-bond acceptors (Lipinski definition) is 10. The monoisotopic (exact) mass is 958 g/mol. The molecule has 0 unspecified atom stereocenters. The Hall–Kier alpha value is -6.05. The van der Waals surface area contributed by atoms with Crippen LogP contribution in [0.1, 0.15) is 52.7 Å². The molecule has 0 bridgehead atoms. The Kier molecular flexibility index (Phi) is 13.3. The Morgan fingerprint density at radius 2 is 1.72 bits per heavy atom. The van der Waals surface area contributed by atoms with E-state index in [2.05, 4.69) is 14.7 Å². The molecule has 20 heteroatoms. The Labute approximate surface area is 376 Å². The first kappa shape index (κ1) is 46.9. The van der Waals surface area contributed by atoms with Gasteiger partial charge in [-0.25, -0.2) is 22.2 Å². The number of aromatic amines is 1. The molecule has 4 aromatic carbocycles. The van der Waals surface area contributed by atoms with Gasteiger partial charge in [0, 0.05) is 69.1 Å². The summed E-state index contributed by atoms with van der Waals surface area (Å²) in [6.07, 6.45) is -0.823. The highest BCUT2D eigenvalue weighted by Gasteiger charge is 2.37. The maximum Gasteiger partial charge on any atom is 0.416 e. The Bertz CT molecular complexity index is 3150. The van der Waals surface area contributed by atoms with Gasteiger partial charge in [0.25, 0.3) is 0 Å². The summed E-state index contributed by atoms with van der Waals surface area (Å²) in [7, 11) is -2.03. The van der Waals surface area contributed by atoms with Gasteiger partial charge >= 0.3 is 6.18 Å². The number of phenolic OH excluding ortho intramolecular Hbond substituents is 2. The topological polar surface area (TPSA) is 186 Å². The molecule has 12 nitrogen and oxygen atoms in total. The molecule has 1 aliphatic heterocycles. The van der Waals surface area contributed by atoms with Crippen molar-refractivity contribution in [1.29, 1.82) is 0 Å². The second-order valence-corrected chi connectivity index (χ2v) is 17.9. The molecular formula is C45H37Cl2F5N4O8S. The van der Waals surface area contributed by atoms with E-state index in [9.17, 15) is 50.9 Å². The Morgan fingerprint density at radius 1 is 1.00 bits per heavy atom. The van der Waals surface area contributed by atoms with Crippen LogP contribution in [0.3, 0.4) is 0 Å². The first-order valence-corrected chi connectivity index (χ1v) is 22.1. The van der Waals surface area contributed by atoms with Crippen LogP contribution in [-0.2, 0) is 16.2 Å². The van der Waals surface area contributed by atoms with E-state index in [-0.39, 0.29) is 62.6 Å². The van der Waals surface area contributed by atoms with Crippen LogP contribution in [0.2, 0.25) is 10.0 Å². The van der Waals surface area contributed by atoms with Gasteiger partial charge in [0.05, 0.1) is 34.2 Å². The van der Waals surface area contributed by atoms with Crippen molar-refractivity contribution in [3.8, 4) is 33.9 Å². The number of pyridine rings is 1. The third kappa shape index (κ3) is 9.53. The van der Waals surface area contributed by atoms with Crippen molar-refractivity contribution < 1.29 is 54.9 Å². The van der Waals surface area contributed by atoms with Crippen molar-refractivity contribution in [3.05, 3.63) is 139 Å². The van der Waals surface area contributed by atoms with Crippen LogP contribution >= 0.6 is 23.2 Å². The molecular weight excluding hydrogens is 922 g/mol. The number of nitrogens with one attached hydrogen (secondary N) is 2. The fourth-order valence-electron chi connectivity index (χ4n) is 7.77. The van der Waals surface area contributed by atoms with E-state index in [0.29, 0.717) is 41.0 Å². The van der Waals surface area contributed by atoms with Gasteiger partial charge in [0.15, 0.2) is 11.2 Å². The number of carbonyl (C=O) groups excluding carboxylic acids is 1. The fraction of sp³-hybridized carbons (Fsp3) is 0.222. The number of hydrogen-bond donors (Lipinski definition) is 5. The van der Waals surface area contributed by atoms with E-state index >= 15 is 4.39 Å². The summed E-state index contributed by atoms with van der Waals surface area (Å²) in [4.78, 5) is 35.0. The largest absolute Gasteiger partial charge is 0.507 e. The maximum atomic E-state index is 15.1. The summed E-state index contributed by atoms with van der Waals surface area (Å²) in [5, 5.41) is 31.2. The summed E-state index contributed by atoms with van der Waals surface area (Å²) >= 11 is 12.0. The number of nitrogens with zero attached hydrogens (tertiary/aromatic N) is 2. The third-order valence-electron chi connectivity index (χ3n) is 11.0. The number of aromatic nitrogens is 2. The number of fused-ring (bicyclic) bond motifs is 2. The predicted molar refractivity (Wildman–Crippen MR) is 236 cm³/mol. The fourth-order valence-corrected chi connectivity index (χ4v) is 9.30. The number of ketones is 1.